The van der Waals surface area contributed by atoms with Crippen molar-refractivity contribution in [1.29, 1.82) is 0 Å². The van der Waals surface area contributed by atoms with Crippen LogP contribution in [0.15, 0.2) is 35.9 Å². The second kappa shape index (κ2) is 4.16. The van der Waals surface area contributed by atoms with Gasteiger partial charge in [-0.05, 0) is 11.1 Å². The molecule has 2 heteroatoms. The van der Waals surface area contributed by atoms with E-state index in [-0.39, 0.29) is 0 Å². The highest BCUT2D eigenvalue weighted by molar-refractivity contribution is 6.28. The molecule has 0 bridgehead atoms. The van der Waals surface area contributed by atoms with E-state index in [1.54, 1.807) is 0 Å². The summed E-state index contributed by atoms with van der Waals surface area (Å²) in [6, 6.07) is 9.87. The first kappa shape index (κ1) is 8.31. The van der Waals surface area contributed by atoms with E-state index in [0.717, 1.165) is 11.1 Å². The van der Waals surface area contributed by atoms with E-state index in [4.69, 9.17) is 17.3 Å². The first-order chi connectivity index (χ1) is 5.38. The van der Waals surface area contributed by atoms with Crippen molar-refractivity contribution < 1.29 is 0 Å². The van der Waals surface area contributed by atoms with Crippen molar-refractivity contribution in [2.24, 2.45) is 5.73 Å². The quantitative estimate of drug-likeness (QED) is 0.718. The lowest BCUT2D eigenvalue weighted by Crippen LogP contribution is -2.01. The molecule has 0 aromatic heterocycles. The van der Waals surface area contributed by atoms with Crippen LogP contribution in [0.4, 0.5) is 0 Å². The van der Waals surface area contributed by atoms with Crippen molar-refractivity contribution in [2.45, 2.75) is 0 Å². The van der Waals surface area contributed by atoms with Crippen LogP contribution >= 0.6 is 11.6 Å². The number of nitrogens with two attached hydrogens (primary N) is 1. The third kappa shape index (κ3) is 2.07. The molecule has 1 rings (SSSR count). The first-order valence-electron chi connectivity index (χ1n) is 3.43. The monoisotopic (exact) mass is 167 g/mol. The Hall–Kier alpha value is -0.790. The lowest BCUT2D eigenvalue weighted by molar-refractivity contribution is 1.27. The van der Waals surface area contributed by atoms with Crippen LogP contribution in [0.1, 0.15) is 5.56 Å². The topological polar surface area (TPSA) is 26.0 Å². The van der Waals surface area contributed by atoms with E-state index in [9.17, 15) is 0 Å². The summed E-state index contributed by atoms with van der Waals surface area (Å²) in [6.45, 7) is 0.480. The lowest BCUT2D eigenvalue weighted by atomic mass is 10.1. The molecular weight excluding hydrogens is 158 g/mol. The molecule has 0 atom stereocenters. The number of hydrogen-bond acceptors (Lipinski definition) is 1. The van der Waals surface area contributed by atoms with Crippen molar-refractivity contribution >= 4 is 17.2 Å². The van der Waals surface area contributed by atoms with Crippen LogP contribution in [0, 0.1) is 0 Å². The van der Waals surface area contributed by atoms with E-state index in [1.165, 1.54) is 5.54 Å². The van der Waals surface area contributed by atoms with E-state index in [0.29, 0.717) is 6.54 Å². The summed E-state index contributed by atoms with van der Waals surface area (Å²) in [5.74, 6) is 0. The van der Waals surface area contributed by atoms with Gasteiger partial charge < -0.3 is 5.73 Å². The van der Waals surface area contributed by atoms with E-state index in [2.05, 4.69) is 0 Å². The van der Waals surface area contributed by atoms with Gasteiger partial charge in [-0.3, -0.25) is 0 Å². The third-order valence-electron chi connectivity index (χ3n) is 1.50. The molecule has 0 radical (unpaired) electrons. The summed E-state index contributed by atoms with van der Waals surface area (Å²) < 4.78 is 0. The first-order valence-corrected chi connectivity index (χ1v) is 3.87. The zero-order valence-electron chi connectivity index (χ0n) is 6.13. The lowest BCUT2D eigenvalue weighted by Gasteiger charge is -2.00. The molecule has 1 nitrogen and oxygen atoms in total. The Morgan fingerprint density at radius 3 is 2.45 bits per heavy atom. The van der Waals surface area contributed by atoms with Gasteiger partial charge in [-0.15, -0.1) is 0 Å². The van der Waals surface area contributed by atoms with Gasteiger partial charge in [0.25, 0.3) is 0 Å². The van der Waals surface area contributed by atoms with Crippen LogP contribution in [0.5, 0.6) is 0 Å². The van der Waals surface area contributed by atoms with Crippen LogP contribution < -0.4 is 5.73 Å². The Morgan fingerprint density at radius 2 is 2.00 bits per heavy atom. The molecular formula is C9H10ClN. The largest absolute Gasteiger partial charge is 0.326 e. The summed E-state index contributed by atoms with van der Waals surface area (Å²) in [4.78, 5) is 0. The van der Waals surface area contributed by atoms with Gasteiger partial charge in [-0.1, -0.05) is 41.9 Å². The molecule has 1 aromatic carbocycles. The van der Waals surface area contributed by atoms with Crippen LogP contribution in [-0.2, 0) is 0 Å². The van der Waals surface area contributed by atoms with Crippen molar-refractivity contribution in [1.82, 2.24) is 0 Å². The zero-order chi connectivity index (χ0) is 8.10. The highest BCUT2D eigenvalue weighted by Gasteiger charge is 1.95. The Balaban J connectivity index is 2.92. The number of halogens is 1. The van der Waals surface area contributed by atoms with Crippen molar-refractivity contribution in [3.63, 3.8) is 0 Å². The minimum Gasteiger partial charge on any atom is -0.326 e. The smallest absolute Gasteiger partial charge is 0.0192 e. The fourth-order valence-corrected chi connectivity index (χ4v) is 1.09. The molecule has 0 saturated heterocycles. The fourth-order valence-electron chi connectivity index (χ4n) is 0.878. The Morgan fingerprint density at radius 1 is 1.36 bits per heavy atom. The van der Waals surface area contributed by atoms with Crippen molar-refractivity contribution in [2.75, 3.05) is 6.54 Å². The van der Waals surface area contributed by atoms with Gasteiger partial charge in [-0.2, -0.15) is 0 Å². The second-order valence-corrected chi connectivity index (χ2v) is 2.42. The summed E-state index contributed by atoms with van der Waals surface area (Å²) in [5, 5.41) is 0. The molecule has 0 fully saturated rings. The van der Waals surface area contributed by atoms with E-state index in [1.807, 2.05) is 30.3 Å². The second-order valence-electron chi connectivity index (χ2n) is 2.20. The summed E-state index contributed by atoms with van der Waals surface area (Å²) in [6.07, 6.45) is 0. The Kier molecular flexibility index (Phi) is 3.14. The van der Waals surface area contributed by atoms with Gasteiger partial charge in [0.2, 0.25) is 0 Å². The average Bonchev–Trinajstić information content (AvgIpc) is 2.09. The molecule has 0 aliphatic carbocycles. The van der Waals surface area contributed by atoms with Crippen LogP contribution in [-0.4, -0.2) is 6.54 Å². The minimum atomic E-state index is 0.480. The normalized spacial score (nSPS) is 11.6. The molecule has 0 aliphatic heterocycles. The van der Waals surface area contributed by atoms with Gasteiger partial charge in [0.15, 0.2) is 0 Å². The highest BCUT2D eigenvalue weighted by Crippen LogP contribution is 2.12. The fraction of sp³-hybridized carbons (Fsp3) is 0.111. The number of hydrogen-bond donors (Lipinski definition) is 1. The van der Waals surface area contributed by atoms with Gasteiger partial charge in [0, 0.05) is 12.1 Å². The maximum absolute atomic E-state index is 5.56. The van der Waals surface area contributed by atoms with Gasteiger partial charge in [-0.25, -0.2) is 0 Å². The van der Waals surface area contributed by atoms with Gasteiger partial charge in [0.1, 0.15) is 0 Å². The Labute approximate surface area is 71.5 Å². The zero-order valence-corrected chi connectivity index (χ0v) is 6.88. The maximum Gasteiger partial charge on any atom is 0.0192 e. The highest BCUT2D eigenvalue weighted by atomic mass is 35.5. The summed E-state index contributed by atoms with van der Waals surface area (Å²) in [5.41, 5.74) is 9.04. The molecule has 0 aliphatic rings. The third-order valence-corrected chi connectivity index (χ3v) is 1.76. The van der Waals surface area contributed by atoms with Crippen LogP contribution in [0.2, 0.25) is 0 Å². The molecule has 11 heavy (non-hydrogen) atoms. The molecule has 0 amide bonds. The van der Waals surface area contributed by atoms with Gasteiger partial charge >= 0.3 is 0 Å². The van der Waals surface area contributed by atoms with Crippen LogP contribution in [0.3, 0.4) is 0 Å². The van der Waals surface area contributed by atoms with Crippen LogP contribution in [0.25, 0.3) is 5.57 Å². The predicted molar refractivity (Wildman–Crippen MR) is 49.3 cm³/mol. The predicted octanol–water partition coefficient (Wildman–Crippen LogP) is 2.23. The molecule has 0 saturated carbocycles. The van der Waals surface area contributed by atoms with Crippen molar-refractivity contribution in [3.8, 4) is 0 Å². The molecule has 1 aromatic rings. The standard InChI is InChI=1S/C9H10ClN/c10-6-9(7-11)8-4-2-1-3-5-8/h1-6H,7,11H2/b9-6+. The van der Waals surface area contributed by atoms with Crippen molar-refractivity contribution in [3.05, 3.63) is 41.4 Å². The summed E-state index contributed by atoms with van der Waals surface area (Å²) >= 11 is 5.56. The molecule has 58 valence electrons. The molecule has 0 heterocycles. The SMILES string of the molecule is NC/C(=C\Cl)c1ccccc1. The average molecular weight is 168 g/mol. The number of rotatable bonds is 2. The number of benzene rings is 1. The van der Waals surface area contributed by atoms with E-state index >= 15 is 0 Å². The molecule has 2 N–H and O–H groups in total. The minimum absolute atomic E-state index is 0.480. The molecule has 0 spiro atoms. The van der Waals surface area contributed by atoms with Gasteiger partial charge in [0.05, 0.1) is 0 Å². The molecule has 0 unspecified atom stereocenters. The summed E-state index contributed by atoms with van der Waals surface area (Å²) in [7, 11) is 0. The maximum atomic E-state index is 5.56. The van der Waals surface area contributed by atoms with E-state index < -0.39 is 0 Å². The Bertz CT molecular complexity index is 241.